The first-order chi connectivity index (χ1) is 17.7. The quantitative estimate of drug-likeness (QED) is 0.314. The van der Waals surface area contributed by atoms with Crippen molar-refractivity contribution in [3.63, 3.8) is 0 Å². The molecule has 3 heterocycles. The summed E-state index contributed by atoms with van der Waals surface area (Å²) in [5.41, 5.74) is 2.65. The molecule has 0 amide bonds. The highest BCUT2D eigenvalue weighted by atomic mass is 35.5. The van der Waals surface area contributed by atoms with Crippen LogP contribution in [-0.4, -0.2) is 69.9 Å². The van der Waals surface area contributed by atoms with Gasteiger partial charge in [0.15, 0.2) is 0 Å². The largest absolute Gasteiger partial charge is 0.392 e. The Labute approximate surface area is 220 Å². The first-order valence-corrected chi connectivity index (χ1v) is 13.4. The van der Waals surface area contributed by atoms with Crippen molar-refractivity contribution in [2.24, 2.45) is 0 Å². The molecule has 5 rings (SSSR count). The van der Waals surface area contributed by atoms with E-state index >= 15 is 8.78 Å². The van der Waals surface area contributed by atoms with E-state index in [2.05, 4.69) is 22.1 Å². The summed E-state index contributed by atoms with van der Waals surface area (Å²) in [4.78, 5) is 7.30. The number of anilines is 1. The lowest BCUT2D eigenvalue weighted by Gasteiger charge is -2.43. The molecule has 0 bridgehead atoms. The molecule has 3 N–H and O–H groups in total. The van der Waals surface area contributed by atoms with Gasteiger partial charge in [-0.15, -0.1) is 0 Å². The second-order valence-corrected chi connectivity index (χ2v) is 11.2. The fourth-order valence-electron chi connectivity index (χ4n) is 5.77. The molecule has 0 aliphatic carbocycles. The third-order valence-corrected chi connectivity index (χ3v) is 7.91. The third-order valence-electron chi connectivity index (χ3n) is 7.67. The molecule has 37 heavy (non-hydrogen) atoms. The maximum atomic E-state index is 15.8. The van der Waals surface area contributed by atoms with Gasteiger partial charge in [-0.2, -0.15) is 0 Å². The maximum absolute atomic E-state index is 15.8. The number of unbranched alkanes of at least 4 members (excludes halogenated alkanes) is 1. The van der Waals surface area contributed by atoms with Gasteiger partial charge in [0, 0.05) is 47.0 Å². The topological polar surface area (TPSA) is 54.5 Å². The zero-order chi connectivity index (χ0) is 26.3. The van der Waals surface area contributed by atoms with Crippen LogP contribution < -0.4 is 5.32 Å². The molecule has 0 spiro atoms. The van der Waals surface area contributed by atoms with E-state index in [-0.39, 0.29) is 24.2 Å². The van der Waals surface area contributed by atoms with Gasteiger partial charge < -0.3 is 15.4 Å². The van der Waals surface area contributed by atoms with Crippen LogP contribution in [0.3, 0.4) is 0 Å². The highest BCUT2D eigenvalue weighted by Crippen LogP contribution is 2.44. The van der Waals surface area contributed by atoms with Crippen molar-refractivity contribution in [2.45, 2.75) is 56.4 Å². The zero-order valence-corrected chi connectivity index (χ0v) is 22.0. The van der Waals surface area contributed by atoms with Crippen LogP contribution in [0.5, 0.6) is 0 Å². The molecule has 1 aromatic heterocycles. The Hall–Kier alpha value is -2.26. The lowest BCUT2D eigenvalue weighted by molar-refractivity contribution is 0.0535. The van der Waals surface area contributed by atoms with Crippen LogP contribution in [0.2, 0.25) is 0 Å². The molecule has 3 aromatic rings. The van der Waals surface area contributed by atoms with E-state index in [0.29, 0.717) is 17.8 Å². The molecule has 1 fully saturated rings. The van der Waals surface area contributed by atoms with E-state index in [9.17, 15) is 9.50 Å². The molecule has 1 saturated heterocycles. The average Bonchev–Trinajstić information content (AvgIpc) is 3.19. The van der Waals surface area contributed by atoms with Crippen LogP contribution in [0.1, 0.15) is 49.6 Å². The number of hydrogen-bond acceptors (Lipinski definition) is 4. The van der Waals surface area contributed by atoms with Crippen LogP contribution >= 0.6 is 11.6 Å². The van der Waals surface area contributed by atoms with Crippen molar-refractivity contribution in [3.8, 4) is 0 Å². The van der Waals surface area contributed by atoms with Crippen molar-refractivity contribution in [3.05, 3.63) is 64.9 Å². The number of para-hydroxylation sites is 1. The number of likely N-dealkylation sites (tertiary alicyclic amines) is 1. The number of nitrogens with zero attached hydrogens (tertiary/aromatic N) is 2. The summed E-state index contributed by atoms with van der Waals surface area (Å²) in [6, 6.07) is 9.27. The Morgan fingerprint density at radius 1 is 1.19 bits per heavy atom. The van der Waals surface area contributed by atoms with E-state index in [0.717, 1.165) is 48.9 Å². The molecule has 200 valence electrons. The fraction of sp³-hybridized carbons (Fsp3) is 0.500. The first-order valence-electron chi connectivity index (χ1n) is 13.0. The third kappa shape index (κ3) is 5.21. The summed E-state index contributed by atoms with van der Waals surface area (Å²) in [7, 11) is 0. The number of nitrogens with one attached hydrogen (secondary N) is 2. The van der Waals surface area contributed by atoms with Crippen LogP contribution in [0.4, 0.5) is 18.9 Å². The molecular weight excluding hydrogens is 501 g/mol. The molecule has 3 atom stereocenters. The second-order valence-electron chi connectivity index (χ2n) is 10.5. The van der Waals surface area contributed by atoms with Gasteiger partial charge in [-0.05, 0) is 50.1 Å². The minimum absolute atomic E-state index is 0.140. The number of rotatable bonds is 9. The number of aliphatic hydroxyl groups is 1. The number of halogens is 4. The SMILES string of the molecule is CCCCN1CC(Nc2cc(F)c([C@@H]3c4[nH]c5ccccc5c4C[C@@H](C)N3C[C@](F)(Cl)CO)c(F)c2)C1. The number of H-pyrrole nitrogens is 1. The number of alkyl halides is 2. The fourth-order valence-corrected chi connectivity index (χ4v) is 5.91. The van der Waals surface area contributed by atoms with Crippen molar-refractivity contribution in [1.29, 1.82) is 0 Å². The van der Waals surface area contributed by atoms with Gasteiger partial charge in [-0.1, -0.05) is 43.1 Å². The number of hydrogen-bond donors (Lipinski definition) is 3. The molecule has 0 saturated carbocycles. The van der Waals surface area contributed by atoms with E-state index in [4.69, 9.17) is 11.6 Å². The smallest absolute Gasteiger partial charge is 0.218 e. The number of fused-ring (bicyclic) bond motifs is 3. The van der Waals surface area contributed by atoms with E-state index in [1.54, 1.807) is 4.90 Å². The van der Waals surface area contributed by atoms with Crippen molar-refractivity contribution in [1.82, 2.24) is 14.8 Å². The lowest BCUT2D eigenvalue weighted by atomic mass is 9.87. The Morgan fingerprint density at radius 3 is 2.57 bits per heavy atom. The minimum atomic E-state index is -2.45. The van der Waals surface area contributed by atoms with Crippen LogP contribution in [0, 0.1) is 11.6 Å². The summed E-state index contributed by atoms with van der Waals surface area (Å²) in [5, 5.41) is 11.3. The lowest BCUT2D eigenvalue weighted by Crippen LogP contribution is -2.54. The summed E-state index contributed by atoms with van der Waals surface area (Å²) in [5.74, 6) is -1.41. The van der Waals surface area contributed by atoms with Gasteiger partial charge in [-0.3, -0.25) is 9.80 Å². The summed E-state index contributed by atoms with van der Waals surface area (Å²) >= 11 is 5.94. The second kappa shape index (κ2) is 10.5. The van der Waals surface area contributed by atoms with Crippen LogP contribution in [0.25, 0.3) is 10.9 Å². The number of aromatic amines is 1. The normalized spacial score (nSPS) is 22.6. The van der Waals surface area contributed by atoms with E-state index < -0.39 is 29.4 Å². The Bertz CT molecular complexity index is 1240. The molecular formula is C28H34ClF3N4O. The Morgan fingerprint density at radius 2 is 1.89 bits per heavy atom. The number of aromatic nitrogens is 1. The molecule has 2 aliphatic rings. The number of aliphatic hydroxyl groups excluding tert-OH is 1. The molecule has 5 nitrogen and oxygen atoms in total. The predicted octanol–water partition coefficient (Wildman–Crippen LogP) is 5.58. The Balaban J connectivity index is 1.50. The molecule has 0 unspecified atom stereocenters. The molecule has 2 aliphatic heterocycles. The van der Waals surface area contributed by atoms with Crippen LogP contribution in [-0.2, 0) is 6.42 Å². The van der Waals surface area contributed by atoms with E-state index in [1.165, 1.54) is 12.1 Å². The average molecular weight is 535 g/mol. The predicted molar refractivity (Wildman–Crippen MR) is 142 cm³/mol. The minimum Gasteiger partial charge on any atom is -0.392 e. The monoisotopic (exact) mass is 534 g/mol. The first kappa shape index (κ1) is 26.4. The summed E-state index contributed by atoms with van der Waals surface area (Å²) in [6.45, 7) is 5.45. The van der Waals surface area contributed by atoms with Gasteiger partial charge in [0.05, 0.1) is 25.2 Å². The van der Waals surface area contributed by atoms with Gasteiger partial charge in [0.2, 0.25) is 5.13 Å². The van der Waals surface area contributed by atoms with Gasteiger partial charge in [-0.25, -0.2) is 13.2 Å². The molecule has 9 heteroatoms. The highest BCUT2D eigenvalue weighted by molar-refractivity contribution is 6.23. The van der Waals surface area contributed by atoms with E-state index in [1.807, 2.05) is 31.2 Å². The Kier molecular flexibility index (Phi) is 7.47. The highest BCUT2D eigenvalue weighted by Gasteiger charge is 2.42. The molecule has 0 radical (unpaired) electrons. The standard InChI is InChI=1S/C28H34ClF3N4O/c1-3-4-9-35-13-19(14-35)33-18-11-22(30)25(23(31)12-18)27-26-21(20-7-5-6-8-24(20)34-26)10-17(2)36(27)15-28(29,32)16-37/h5-8,11-12,17,19,27,33-34,37H,3-4,9-10,13-16H2,1-2H3/t17-,27-,28-/m1/s1. The van der Waals surface area contributed by atoms with Gasteiger partial charge in [0.1, 0.15) is 11.6 Å². The van der Waals surface area contributed by atoms with Crippen molar-refractivity contribution < 1.29 is 18.3 Å². The van der Waals surface area contributed by atoms with Crippen molar-refractivity contribution >= 4 is 28.2 Å². The zero-order valence-electron chi connectivity index (χ0n) is 21.2. The maximum Gasteiger partial charge on any atom is 0.218 e. The number of benzene rings is 2. The summed E-state index contributed by atoms with van der Waals surface area (Å²) < 4.78 is 46.4. The van der Waals surface area contributed by atoms with Crippen molar-refractivity contribution in [2.75, 3.05) is 38.1 Å². The summed E-state index contributed by atoms with van der Waals surface area (Å²) in [6.07, 6.45) is 2.82. The molecule has 2 aromatic carbocycles. The van der Waals surface area contributed by atoms with Gasteiger partial charge in [0.25, 0.3) is 0 Å². The van der Waals surface area contributed by atoms with Crippen LogP contribution in [0.15, 0.2) is 36.4 Å². The van der Waals surface area contributed by atoms with Gasteiger partial charge >= 0.3 is 0 Å².